The quantitative estimate of drug-likeness (QED) is 0.481. The van der Waals surface area contributed by atoms with E-state index in [2.05, 4.69) is 0 Å². The van der Waals surface area contributed by atoms with E-state index in [9.17, 15) is 14.4 Å². The maximum Gasteiger partial charge on any atom is 0.339 e. The van der Waals surface area contributed by atoms with Gasteiger partial charge >= 0.3 is 17.6 Å². The summed E-state index contributed by atoms with van der Waals surface area (Å²) in [6.07, 6.45) is 3.39. The van der Waals surface area contributed by atoms with Crippen LogP contribution in [0.25, 0.3) is 11.0 Å². The van der Waals surface area contributed by atoms with Gasteiger partial charge in [-0.1, -0.05) is 0 Å². The van der Waals surface area contributed by atoms with Gasteiger partial charge in [0.2, 0.25) is 5.75 Å². The molecule has 0 N–H and O–H groups in total. The summed E-state index contributed by atoms with van der Waals surface area (Å²) in [5.41, 5.74) is 1.31. The zero-order chi connectivity index (χ0) is 16.6. The lowest BCUT2D eigenvalue weighted by Gasteiger charge is -2.18. The molecule has 1 aliphatic rings. The Labute approximate surface area is 132 Å². The molecular formula is C17H16O6. The number of esters is 2. The Morgan fingerprint density at radius 3 is 2.30 bits per heavy atom. The van der Waals surface area contributed by atoms with E-state index >= 15 is 0 Å². The van der Waals surface area contributed by atoms with Crippen molar-refractivity contribution in [1.29, 1.82) is 0 Å². The highest BCUT2D eigenvalue weighted by atomic mass is 16.6. The predicted octanol–water partition coefficient (Wildman–Crippen LogP) is 2.52. The van der Waals surface area contributed by atoms with Crippen molar-refractivity contribution in [3.63, 3.8) is 0 Å². The van der Waals surface area contributed by atoms with Gasteiger partial charge in [0, 0.05) is 24.8 Å². The minimum atomic E-state index is -0.591. The third-order valence-electron chi connectivity index (χ3n) is 3.81. The lowest BCUT2D eigenvalue weighted by molar-refractivity contribution is -0.134. The molecule has 0 aliphatic heterocycles. The number of carbonyl (C=O) groups is 2. The second-order valence-electron chi connectivity index (χ2n) is 5.51. The minimum absolute atomic E-state index is 0.0318. The molecule has 23 heavy (non-hydrogen) atoms. The molecule has 0 unspecified atom stereocenters. The molecule has 0 bridgehead atoms. The second-order valence-corrected chi connectivity index (χ2v) is 5.51. The third-order valence-corrected chi connectivity index (χ3v) is 3.81. The van der Waals surface area contributed by atoms with Crippen LogP contribution in [0.4, 0.5) is 0 Å². The summed E-state index contributed by atoms with van der Waals surface area (Å²) < 4.78 is 15.6. The molecule has 0 saturated heterocycles. The molecule has 2 aromatic rings. The van der Waals surface area contributed by atoms with Crippen LogP contribution in [0.1, 0.15) is 37.8 Å². The summed E-state index contributed by atoms with van der Waals surface area (Å²) in [6, 6.07) is 3.28. The van der Waals surface area contributed by atoms with Crippen LogP contribution in [0, 0.1) is 0 Å². The summed E-state index contributed by atoms with van der Waals surface area (Å²) in [4.78, 5) is 34.9. The Kier molecular flexibility index (Phi) is 3.90. The fraction of sp³-hybridized carbons (Fsp3) is 0.353. The molecule has 0 amide bonds. The minimum Gasteiger partial charge on any atom is -0.423 e. The van der Waals surface area contributed by atoms with Crippen molar-refractivity contribution in [3.05, 3.63) is 33.7 Å². The molecule has 0 atom stereocenters. The molecule has 120 valence electrons. The highest BCUT2D eigenvalue weighted by Gasteiger charge is 2.23. The third kappa shape index (κ3) is 2.84. The number of fused-ring (bicyclic) bond motifs is 3. The van der Waals surface area contributed by atoms with Crippen LogP contribution in [0.5, 0.6) is 11.5 Å². The lowest BCUT2D eigenvalue weighted by atomic mass is 9.90. The van der Waals surface area contributed by atoms with Crippen molar-refractivity contribution in [2.75, 3.05) is 0 Å². The molecule has 0 saturated carbocycles. The van der Waals surface area contributed by atoms with E-state index in [1.165, 1.54) is 13.8 Å². The van der Waals surface area contributed by atoms with Gasteiger partial charge in [-0.15, -0.1) is 0 Å². The van der Waals surface area contributed by atoms with E-state index in [-0.39, 0.29) is 17.1 Å². The first-order chi connectivity index (χ1) is 11.0. The fourth-order valence-corrected chi connectivity index (χ4v) is 2.94. The maximum atomic E-state index is 12.2. The van der Waals surface area contributed by atoms with E-state index in [1.807, 2.05) is 0 Å². The van der Waals surface area contributed by atoms with Crippen LogP contribution in [0.15, 0.2) is 21.3 Å². The number of benzene rings is 1. The number of hydrogen-bond donors (Lipinski definition) is 0. The van der Waals surface area contributed by atoms with Crippen molar-refractivity contribution in [3.8, 4) is 11.5 Å². The Balaban J connectivity index is 2.31. The molecule has 6 nitrogen and oxygen atoms in total. The molecule has 3 rings (SSSR count). The van der Waals surface area contributed by atoms with E-state index in [0.29, 0.717) is 17.4 Å². The average Bonchev–Trinajstić information content (AvgIpc) is 2.49. The summed E-state index contributed by atoms with van der Waals surface area (Å²) >= 11 is 0. The standard InChI is InChI=1S/C17H16O6/c1-9(18)21-14-8-7-12-11-5-3-4-6-13(11)17(20)23-15(12)16(14)22-10(2)19/h7-8H,3-6H2,1-2H3. The monoisotopic (exact) mass is 316 g/mol. The van der Waals surface area contributed by atoms with E-state index < -0.39 is 17.6 Å². The zero-order valence-corrected chi connectivity index (χ0v) is 12.9. The lowest BCUT2D eigenvalue weighted by Crippen LogP contribution is -2.16. The van der Waals surface area contributed by atoms with Crippen LogP contribution in [-0.2, 0) is 22.4 Å². The van der Waals surface area contributed by atoms with Crippen LogP contribution in [0.2, 0.25) is 0 Å². The van der Waals surface area contributed by atoms with Gasteiger partial charge in [0.15, 0.2) is 11.3 Å². The molecule has 0 fully saturated rings. The predicted molar refractivity (Wildman–Crippen MR) is 81.7 cm³/mol. The average molecular weight is 316 g/mol. The van der Waals surface area contributed by atoms with Crippen LogP contribution >= 0.6 is 0 Å². The number of carbonyl (C=O) groups excluding carboxylic acids is 2. The number of hydrogen-bond acceptors (Lipinski definition) is 6. The summed E-state index contributed by atoms with van der Waals surface area (Å²) in [5, 5.41) is 0.714. The molecule has 6 heteroatoms. The van der Waals surface area contributed by atoms with E-state index in [4.69, 9.17) is 13.9 Å². The first-order valence-corrected chi connectivity index (χ1v) is 7.45. The van der Waals surface area contributed by atoms with Gasteiger partial charge in [-0.05, 0) is 43.4 Å². The van der Waals surface area contributed by atoms with Crippen LogP contribution < -0.4 is 15.1 Å². The van der Waals surface area contributed by atoms with Gasteiger partial charge < -0.3 is 13.9 Å². The Morgan fingerprint density at radius 1 is 1.00 bits per heavy atom. The van der Waals surface area contributed by atoms with Gasteiger partial charge in [0.25, 0.3) is 0 Å². The van der Waals surface area contributed by atoms with Gasteiger partial charge in [-0.25, -0.2) is 4.79 Å². The van der Waals surface area contributed by atoms with Crippen molar-refractivity contribution >= 4 is 22.9 Å². The Morgan fingerprint density at radius 2 is 1.65 bits per heavy atom. The van der Waals surface area contributed by atoms with E-state index in [1.54, 1.807) is 12.1 Å². The normalized spacial score (nSPS) is 13.5. The maximum absolute atomic E-state index is 12.2. The smallest absolute Gasteiger partial charge is 0.339 e. The molecule has 1 aliphatic carbocycles. The SMILES string of the molecule is CC(=O)Oc1ccc2c3c(c(=O)oc2c1OC(C)=O)CCCC3. The number of rotatable bonds is 2. The number of ether oxygens (including phenoxy) is 2. The van der Waals surface area contributed by atoms with Crippen LogP contribution in [-0.4, -0.2) is 11.9 Å². The molecule has 0 radical (unpaired) electrons. The van der Waals surface area contributed by atoms with Crippen molar-refractivity contribution in [1.82, 2.24) is 0 Å². The molecule has 0 spiro atoms. The van der Waals surface area contributed by atoms with Crippen molar-refractivity contribution in [2.45, 2.75) is 39.5 Å². The van der Waals surface area contributed by atoms with Crippen molar-refractivity contribution < 1.29 is 23.5 Å². The topological polar surface area (TPSA) is 82.8 Å². The van der Waals surface area contributed by atoms with Gasteiger partial charge in [0.05, 0.1) is 0 Å². The zero-order valence-electron chi connectivity index (χ0n) is 12.9. The highest BCUT2D eigenvalue weighted by molar-refractivity contribution is 5.91. The van der Waals surface area contributed by atoms with Gasteiger partial charge in [-0.2, -0.15) is 0 Å². The largest absolute Gasteiger partial charge is 0.423 e. The summed E-state index contributed by atoms with van der Waals surface area (Å²) in [7, 11) is 0. The van der Waals surface area contributed by atoms with E-state index in [0.717, 1.165) is 24.8 Å². The number of aryl methyl sites for hydroxylation is 1. The summed E-state index contributed by atoms with van der Waals surface area (Å²) in [6.45, 7) is 2.47. The van der Waals surface area contributed by atoms with Crippen LogP contribution in [0.3, 0.4) is 0 Å². The first kappa shape index (κ1) is 15.3. The summed E-state index contributed by atoms with van der Waals surface area (Å²) in [5.74, 6) is -1.13. The van der Waals surface area contributed by atoms with Gasteiger partial charge in [-0.3, -0.25) is 9.59 Å². The Bertz CT molecular complexity index is 861. The molecule has 1 aromatic carbocycles. The van der Waals surface area contributed by atoms with Gasteiger partial charge in [0.1, 0.15) is 0 Å². The Hall–Kier alpha value is -2.63. The highest BCUT2D eigenvalue weighted by Crippen LogP contribution is 2.38. The molecule has 1 heterocycles. The fourth-order valence-electron chi connectivity index (χ4n) is 2.94. The second kappa shape index (κ2) is 5.87. The molecule has 1 aromatic heterocycles. The molecular weight excluding hydrogens is 300 g/mol. The van der Waals surface area contributed by atoms with Crippen molar-refractivity contribution in [2.24, 2.45) is 0 Å². The first-order valence-electron chi connectivity index (χ1n) is 7.45.